The summed E-state index contributed by atoms with van der Waals surface area (Å²) < 4.78 is 53.5. The number of aryl methyl sites for hydroxylation is 1. The Hall–Kier alpha value is -6.29. The number of hydrogen-bond donors (Lipinski definition) is 5. The van der Waals surface area contributed by atoms with Crippen LogP contribution in [-0.2, 0) is 41.9 Å². The zero-order valence-electron chi connectivity index (χ0n) is 39.0. The number of benzene rings is 3. The molecule has 0 spiro atoms. The summed E-state index contributed by atoms with van der Waals surface area (Å²) in [5.41, 5.74) is 2.32. The van der Waals surface area contributed by atoms with Crippen molar-refractivity contribution in [1.82, 2.24) is 23.7 Å². The first-order chi connectivity index (χ1) is 33.2. The van der Waals surface area contributed by atoms with Gasteiger partial charge in [-0.25, -0.2) is 31.5 Å². The first-order valence-corrected chi connectivity index (χ1v) is 25.7. The number of likely N-dealkylation sites (tertiary alicyclic amines) is 1. The molecule has 1 atom stereocenters. The van der Waals surface area contributed by atoms with Crippen molar-refractivity contribution in [3.63, 3.8) is 0 Å². The molecule has 0 bridgehead atoms. The lowest BCUT2D eigenvalue weighted by Crippen LogP contribution is -2.44. The number of nitrogens with one attached hydrogen (secondary N) is 4. The van der Waals surface area contributed by atoms with Gasteiger partial charge >= 0.3 is 23.7 Å². The molecule has 3 aliphatic rings. The van der Waals surface area contributed by atoms with Crippen LogP contribution in [0.4, 0.5) is 26.2 Å². The summed E-state index contributed by atoms with van der Waals surface area (Å²) in [4.78, 5) is 77.4. The van der Waals surface area contributed by atoms with Gasteiger partial charge in [0.1, 0.15) is 23.1 Å². The largest absolute Gasteiger partial charge is 0.480 e. The van der Waals surface area contributed by atoms with E-state index in [0.717, 1.165) is 16.9 Å². The number of anilines is 3. The van der Waals surface area contributed by atoms with Crippen LogP contribution in [0.15, 0.2) is 65.5 Å². The van der Waals surface area contributed by atoms with Crippen LogP contribution >= 0.6 is 22.9 Å². The lowest BCUT2D eigenvalue weighted by atomic mass is 9.89. The van der Waals surface area contributed by atoms with Crippen LogP contribution in [0, 0.1) is 5.82 Å². The van der Waals surface area contributed by atoms with E-state index in [2.05, 4.69) is 21.3 Å². The van der Waals surface area contributed by atoms with Crippen molar-refractivity contribution in [3.8, 4) is 10.4 Å². The Morgan fingerprint density at radius 2 is 1.66 bits per heavy atom. The van der Waals surface area contributed by atoms with E-state index in [-0.39, 0.29) is 93.0 Å². The number of thiophene rings is 1. The van der Waals surface area contributed by atoms with Gasteiger partial charge in [0.2, 0.25) is 21.8 Å². The summed E-state index contributed by atoms with van der Waals surface area (Å²) in [6, 6.07) is 15.8. The molecule has 3 saturated heterocycles. The predicted molar refractivity (Wildman–Crippen MR) is 264 cm³/mol. The third-order valence-electron chi connectivity index (χ3n) is 12.7. The third kappa shape index (κ3) is 10.9. The van der Waals surface area contributed by atoms with E-state index in [4.69, 9.17) is 16.3 Å². The van der Waals surface area contributed by atoms with Crippen molar-refractivity contribution in [2.75, 3.05) is 48.7 Å². The van der Waals surface area contributed by atoms with Gasteiger partial charge < -0.3 is 30.7 Å². The number of carboxylic acid groups (broad SMARTS) is 1. The number of nitrogens with zero attached hydrogens (tertiary/aromatic N) is 4. The van der Waals surface area contributed by atoms with E-state index >= 15 is 4.39 Å². The monoisotopic (exact) mass is 1020 g/mol. The van der Waals surface area contributed by atoms with Gasteiger partial charge in [-0.2, -0.15) is 0 Å². The molecule has 0 aliphatic carbocycles. The van der Waals surface area contributed by atoms with Crippen molar-refractivity contribution in [3.05, 3.63) is 98.0 Å². The van der Waals surface area contributed by atoms with Gasteiger partial charge in [0, 0.05) is 56.9 Å². The Labute approximate surface area is 412 Å². The minimum Gasteiger partial charge on any atom is -0.480 e. The van der Waals surface area contributed by atoms with Crippen LogP contribution in [-0.4, -0.2) is 106 Å². The van der Waals surface area contributed by atoms with E-state index in [0.29, 0.717) is 61.1 Å². The fraction of sp³-hybridized carbons (Fsp3) is 0.417. The maximum atomic E-state index is 16.2. The molecule has 3 aliphatic heterocycles. The first kappa shape index (κ1) is 50.1. The maximum absolute atomic E-state index is 16.2. The number of ether oxygens (including phenoxy) is 1. The van der Waals surface area contributed by atoms with Gasteiger partial charge in [-0.05, 0) is 100 Å². The average molecular weight is 1020 g/mol. The quantitative estimate of drug-likeness (QED) is 0.0587. The van der Waals surface area contributed by atoms with Gasteiger partial charge in [0.05, 0.1) is 38.1 Å². The van der Waals surface area contributed by atoms with Gasteiger partial charge in [0.15, 0.2) is 5.82 Å². The second kappa shape index (κ2) is 20.2. The van der Waals surface area contributed by atoms with E-state index < -0.39 is 51.9 Å². The number of urea groups is 1. The molecule has 5 heterocycles. The Balaban J connectivity index is 0.846. The van der Waals surface area contributed by atoms with Crippen molar-refractivity contribution < 1.29 is 46.6 Å². The average Bonchev–Trinajstić information content (AvgIpc) is 3.76. The smallest absolute Gasteiger partial charge is 0.351 e. The van der Waals surface area contributed by atoms with E-state index in [1.54, 1.807) is 69.1 Å². The highest BCUT2D eigenvalue weighted by atomic mass is 35.5. The molecule has 3 aromatic carbocycles. The highest BCUT2D eigenvalue weighted by Crippen LogP contribution is 2.46. The van der Waals surface area contributed by atoms with E-state index in [1.165, 1.54) is 19.5 Å². The number of halogens is 2. The number of amides is 4. The number of fused-ring (bicyclic) bond motifs is 1. The molecule has 4 amide bonds. The number of sulfonamides is 1. The van der Waals surface area contributed by atoms with Crippen molar-refractivity contribution in [2.45, 2.75) is 88.7 Å². The van der Waals surface area contributed by atoms with Crippen LogP contribution in [0.2, 0.25) is 5.02 Å². The number of carboxylic acids is 1. The topological polar surface area (TPSA) is 230 Å². The lowest BCUT2D eigenvalue weighted by Gasteiger charge is -2.32. The number of carbonyl (C=O) groups is 5. The summed E-state index contributed by atoms with van der Waals surface area (Å²) in [6.45, 7) is 5.81. The van der Waals surface area contributed by atoms with Crippen molar-refractivity contribution in [2.24, 2.45) is 7.05 Å². The molecule has 22 heteroatoms. The number of hydrogen-bond acceptors (Lipinski definition) is 12. The summed E-state index contributed by atoms with van der Waals surface area (Å²) in [5, 5.41) is 20.4. The standard InChI is InChI=1S/C48H54ClFN8O10S2/c1-48(2,3)68-45(63)43-41(51-25-38(60)61)39(49)42(69-43)32-9-6-10-33(40(32)50)52-30-17-21-57(22-18-30)70(66,67)26-27-7-5-8-31(23-27)53-46(64)56-19-15-28(16-20-56)29-11-12-34-36(24-29)55(4)47(65)58(34)35-13-14-37(59)54-44(35)62/h5-12,23-24,28,30,35,51-52H,13-22,25-26H2,1-4H3,(H,53,64)(H,60,61)(H,54,59,62). The normalized spacial score (nSPS) is 17.6. The number of piperidine rings is 3. The number of esters is 1. The molecule has 5 N–H and O–H groups in total. The number of carbonyl (C=O) groups excluding carboxylic acids is 4. The number of rotatable bonds is 13. The summed E-state index contributed by atoms with van der Waals surface area (Å²) in [7, 11) is -2.12. The molecular formula is C48H54ClFN8O10S2. The van der Waals surface area contributed by atoms with Gasteiger partial charge in [-0.15, -0.1) is 11.3 Å². The minimum atomic E-state index is -3.78. The Bertz CT molecular complexity index is 3060. The highest BCUT2D eigenvalue weighted by Gasteiger charge is 2.34. The number of imide groups is 1. The van der Waals surface area contributed by atoms with Crippen LogP contribution in [0.3, 0.4) is 0 Å². The van der Waals surface area contributed by atoms with Crippen LogP contribution in [0.25, 0.3) is 21.5 Å². The third-order valence-corrected chi connectivity index (χ3v) is 16.3. The zero-order valence-corrected chi connectivity index (χ0v) is 41.4. The van der Waals surface area contributed by atoms with E-state index in [9.17, 15) is 42.3 Å². The number of aromatic nitrogens is 2. The predicted octanol–water partition coefficient (Wildman–Crippen LogP) is 7.11. The summed E-state index contributed by atoms with van der Waals surface area (Å²) >= 11 is 7.56. The van der Waals surface area contributed by atoms with Crippen LogP contribution in [0.1, 0.15) is 92.1 Å². The van der Waals surface area contributed by atoms with E-state index in [1.807, 2.05) is 18.2 Å². The molecule has 3 fully saturated rings. The fourth-order valence-electron chi connectivity index (χ4n) is 9.21. The molecule has 8 rings (SSSR count). The van der Waals surface area contributed by atoms with Crippen molar-refractivity contribution in [1.29, 1.82) is 0 Å². The molecule has 372 valence electrons. The van der Waals surface area contributed by atoms with Gasteiger partial charge in [0.25, 0.3) is 0 Å². The summed E-state index contributed by atoms with van der Waals surface area (Å²) in [6.07, 6.45) is 2.51. The highest BCUT2D eigenvalue weighted by molar-refractivity contribution is 7.88. The molecule has 5 aromatic rings. The zero-order chi connectivity index (χ0) is 50.2. The second-order valence-electron chi connectivity index (χ2n) is 18.8. The maximum Gasteiger partial charge on any atom is 0.351 e. The Kier molecular flexibility index (Phi) is 14.5. The second-order valence-corrected chi connectivity index (χ2v) is 22.1. The van der Waals surface area contributed by atoms with Gasteiger partial charge in [-0.1, -0.05) is 41.9 Å². The molecule has 0 radical (unpaired) electrons. The van der Waals surface area contributed by atoms with Gasteiger partial charge in [-0.3, -0.25) is 28.8 Å². The molecular weight excluding hydrogens is 967 g/mol. The first-order valence-electron chi connectivity index (χ1n) is 22.9. The Morgan fingerprint density at radius 3 is 2.34 bits per heavy atom. The summed E-state index contributed by atoms with van der Waals surface area (Å²) in [5.74, 6) is -3.60. The minimum absolute atomic E-state index is 0.000949. The molecule has 70 heavy (non-hydrogen) atoms. The number of aliphatic carboxylic acids is 1. The molecule has 0 saturated carbocycles. The fourth-order valence-corrected chi connectivity index (χ4v) is 12.3. The Morgan fingerprint density at radius 1 is 0.943 bits per heavy atom. The molecule has 18 nitrogen and oxygen atoms in total. The lowest BCUT2D eigenvalue weighted by molar-refractivity contribution is -0.136. The van der Waals surface area contributed by atoms with Crippen LogP contribution in [0.5, 0.6) is 0 Å². The van der Waals surface area contributed by atoms with Crippen LogP contribution < -0.4 is 27.0 Å². The number of imidazole rings is 1. The van der Waals surface area contributed by atoms with Crippen molar-refractivity contribution >= 4 is 90.8 Å². The molecule has 1 unspecified atom stereocenters. The molecule has 2 aromatic heterocycles. The SMILES string of the molecule is Cn1c(=O)n(C2CCC(=O)NC2=O)c2ccc(C3CCN(C(=O)Nc4cccc(CS(=O)(=O)N5CCC(Nc6cccc(-c7sc(C(=O)OC(C)(C)C)c(NCC(=O)O)c7Cl)c6F)CC5)c4)CC3)cc21.